The highest BCUT2D eigenvalue weighted by Gasteiger charge is 2.22. The number of pyridine rings is 1. The first-order valence-corrected chi connectivity index (χ1v) is 8.92. The fraction of sp³-hybridized carbons (Fsp3) is 0.263. The number of carbonyl (C=O) groups excluding carboxylic acids is 1. The van der Waals surface area contributed by atoms with Gasteiger partial charge in [0.1, 0.15) is 0 Å². The highest BCUT2D eigenvalue weighted by atomic mass is 32.1. The molecule has 1 amide bonds. The number of aromatic nitrogens is 1. The largest absolute Gasteiger partial charge is 0.378 e. The normalized spacial score (nSPS) is 15.0. The number of aryl methyl sites for hydroxylation is 1. The summed E-state index contributed by atoms with van der Waals surface area (Å²) in [4.78, 5) is 20.8. The number of ether oxygens (including phenoxy) is 1. The van der Waals surface area contributed by atoms with E-state index in [0.717, 1.165) is 32.6 Å². The monoisotopic (exact) mass is 338 g/mol. The van der Waals surface area contributed by atoms with Gasteiger partial charge in [0.2, 0.25) is 0 Å². The van der Waals surface area contributed by atoms with Gasteiger partial charge in [-0.05, 0) is 36.6 Å². The Labute approximate surface area is 144 Å². The van der Waals surface area contributed by atoms with E-state index < -0.39 is 0 Å². The predicted molar refractivity (Wildman–Crippen MR) is 96.5 cm³/mol. The lowest BCUT2D eigenvalue weighted by Gasteiger charge is -2.27. The van der Waals surface area contributed by atoms with E-state index in [1.54, 1.807) is 11.3 Å². The zero-order chi connectivity index (χ0) is 16.5. The number of morpholine rings is 1. The van der Waals surface area contributed by atoms with Gasteiger partial charge in [0.25, 0.3) is 5.91 Å². The van der Waals surface area contributed by atoms with Crippen LogP contribution < -0.4 is 0 Å². The van der Waals surface area contributed by atoms with Crippen LogP contribution in [0.25, 0.3) is 21.5 Å². The first-order valence-electron chi connectivity index (χ1n) is 8.05. The molecule has 0 aliphatic carbocycles. The molecule has 1 fully saturated rings. The average Bonchev–Trinajstić information content (AvgIpc) is 3.16. The lowest BCUT2D eigenvalue weighted by molar-refractivity contribution is 0.0304. The van der Waals surface area contributed by atoms with Gasteiger partial charge in [0.15, 0.2) is 0 Å². The van der Waals surface area contributed by atoms with Gasteiger partial charge >= 0.3 is 0 Å². The van der Waals surface area contributed by atoms with E-state index in [4.69, 9.17) is 9.72 Å². The van der Waals surface area contributed by atoms with Crippen molar-refractivity contribution in [2.24, 2.45) is 0 Å². The molecule has 122 valence electrons. The van der Waals surface area contributed by atoms with E-state index in [-0.39, 0.29) is 5.91 Å². The molecule has 1 aliphatic heterocycles. The number of thiophene rings is 1. The summed E-state index contributed by atoms with van der Waals surface area (Å²) in [6.45, 7) is 4.53. The Kier molecular flexibility index (Phi) is 4.04. The first-order chi connectivity index (χ1) is 11.7. The van der Waals surface area contributed by atoms with Gasteiger partial charge < -0.3 is 9.64 Å². The highest BCUT2D eigenvalue weighted by molar-refractivity contribution is 7.13. The first kappa shape index (κ1) is 15.3. The second-order valence-electron chi connectivity index (χ2n) is 5.96. The van der Waals surface area contributed by atoms with Crippen LogP contribution in [0.2, 0.25) is 0 Å². The van der Waals surface area contributed by atoms with Crippen LogP contribution in [0, 0.1) is 6.92 Å². The minimum Gasteiger partial charge on any atom is -0.378 e. The molecule has 0 bridgehead atoms. The molecule has 0 spiro atoms. The number of nitrogens with zero attached hydrogens (tertiary/aromatic N) is 2. The lowest BCUT2D eigenvalue weighted by Crippen LogP contribution is -2.40. The van der Waals surface area contributed by atoms with Crippen molar-refractivity contribution in [2.45, 2.75) is 6.92 Å². The molecule has 0 N–H and O–H groups in total. The van der Waals surface area contributed by atoms with Crippen molar-refractivity contribution < 1.29 is 9.53 Å². The number of fused-ring (bicyclic) bond motifs is 1. The summed E-state index contributed by atoms with van der Waals surface area (Å²) >= 11 is 1.64. The van der Waals surface area contributed by atoms with Crippen molar-refractivity contribution in [3.8, 4) is 10.6 Å². The van der Waals surface area contributed by atoms with Gasteiger partial charge in [0, 0.05) is 18.5 Å². The van der Waals surface area contributed by atoms with Crippen LogP contribution in [-0.4, -0.2) is 42.1 Å². The third-order valence-electron chi connectivity index (χ3n) is 4.27. The smallest absolute Gasteiger partial charge is 0.254 e. The Morgan fingerprint density at radius 3 is 2.79 bits per heavy atom. The average molecular weight is 338 g/mol. The molecule has 0 saturated carbocycles. The van der Waals surface area contributed by atoms with E-state index in [1.807, 2.05) is 53.6 Å². The number of benzene rings is 1. The lowest BCUT2D eigenvalue weighted by atomic mass is 10.0. The van der Waals surface area contributed by atoms with Crippen molar-refractivity contribution >= 4 is 28.1 Å². The standard InChI is InChI=1S/C19H18N2O2S/c1-13-4-5-16-14(11-13)15(19(22)21-6-8-23-9-7-21)12-17(20-16)18-3-2-10-24-18/h2-5,10-12H,6-9H2,1H3. The molecular weight excluding hydrogens is 320 g/mol. The second-order valence-corrected chi connectivity index (χ2v) is 6.91. The highest BCUT2D eigenvalue weighted by Crippen LogP contribution is 2.29. The quantitative estimate of drug-likeness (QED) is 0.715. The summed E-state index contributed by atoms with van der Waals surface area (Å²) in [5.74, 6) is 0.0640. The van der Waals surface area contributed by atoms with Crippen LogP contribution in [0.1, 0.15) is 15.9 Å². The molecule has 3 aromatic rings. The fourth-order valence-electron chi connectivity index (χ4n) is 3.00. The number of carbonyl (C=O) groups is 1. The van der Waals surface area contributed by atoms with E-state index in [0.29, 0.717) is 26.3 Å². The molecule has 0 unspecified atom stereocenters. The molecule has 4 nitrogen and oxygen atoms in total. The summed E-state index contributed by atoms with van der Waals surface area (Å²) < 4.78 is 5.37. The SMILES string of the molecule is Cc1ccc2nc(-c3cccs3)cc(C(=O)N3CCOCC3)c2c1. The summed E-state index contributed by atoms with van der Waals surface area (Å²) in [6, 6.07) is 12.1. The van der Waals surface area contributed by atoms with E-state index >= 15 is 0 Å². The maximum absolute atomic E-state index is 13.1. The van der Waals surface area contributed by atoms with Gasteiger partial charge in [0.05, 0.1) is 34.9 Å². The van der Waals surface area contributed by atoms with Crippen LogP contribution in [0.3, 0.4) is 0 Å². The van der Waals surface area contributed by atoms with Crippen LogP contribution in [0.4, 0.5) is 0 Å². The topological polar surface area (TPSA) is 42.4 Å². The maximum atomic E-state index is 13.1. The molecule has 1 aliphatic rings. The molecule has 24 heavy (non-hydrogen) atoms. The van der Waals surface area contributed by atoms with Gasteiger partial charge in [-0.2, -0.15) is 0 Å². The zero-order valence-corrected chi connectivity index (χ0v) is 14.3. The Morgan fingerprint density at radius 2 is 2.04 bits per heavy atom. The molecule has 5 heteroatoms. The Morgan fingerprint density at radius 1 is 1.21 bits per heavy atom. The number of amides is 1. The maximum Gasteiger partial charge on any atom is 0.254 e. The van der Waals surface area contributed by atoms with Gasteiger partial charge in [-0.1, -0.05) is 17.7 Å². The summed E-state index contributed by atoms with van der Waals surface area (Å²) in [6.07, 6.45) is 0. The zero-order valence-electron chi connectivity index (χ0n) is 13.5. The number of hydrogen-bond donors (Lipinski definition) is 0. The van der Waals surface area contributed by atoms with Crippen molar-refractivity contribution in [1.29, 1.82) is 0 Å². The van der Waals surface area contributed by atoms with Crippen LogP contribution >= 0.6 is 11.3 Å². The van der Waals surface area contributed by atoms with Crippen LogP contribution in [-0.2, 0) is 4.74 Å². The van der Waals surface area contributed by atoms with Crippen molar-refractivity contribution in [2.75, 3.05) is 26.3 Å². The predicted octanol–water partition coefficient (Wildman–Crippen LogP) is 3.74. The van der Waals surface area contributed by atoms with E-state index in [1.165, 1.54) is 0 Å². The molecule has 4 rings (SSSR count). The van der Waals surface area contributed by atoms with E-state index in [9.17, 15) is 4.79 Å². The molecule has 1 aromatic carbocycles. The van der Waals surface area contributed by atoms with Gasteiger partial charge in [-0.25, -0.2) is 4.98 Å². The van der Waals surface area contributed by atoms with Gasteiger partial charge in [-0.3, -0.25) is 4.79 Å². The molecule has 0 atom stereocenters. The molecule has 0 radical (unpaired) electrons. The van der Waals surface area contributed by atoms with Crippen LogP contribution in [0.5, 0.6) is 0 Å². The molecule has 1 saturated heterocycles. The van der Waals surface area contributed by atoms with Crippen molar-refractivity contribution in [3.05, 3.63) is 52.9 Å². The minimum atomic E-state index is 0.0640. The fourth-order valence-corrected chi connectivity index (χ4v) is 3.69. The van der Waals surface area contributed by atoms with Gasteiger partial charge in [-0.15, -0.1) is 11.3 Å². The third kappa shape index (κ3) is 2.81. The molecule has 2 aromatic heterocycles. The van der Waals surface area contributed by atoms with Crippen molar-refractivity contribution in [1.82, 2.24) is 9.88 Å². The summed E-state index contributed by atoms with van der Waals surface area (Å²) in [7, 11) is 0. The van der Waals surface area contributed by atoms with Crippen molar-refractivity contribution in [3.63, 3.8) is 0 Å². The molecular formula is C19H18N2O2S. The Hall–Kier alpha value is -2.24. The second kappa shape index (κ2) is 6.34. The minimum absolute atomic E-state index is 0.0640. The van der Waals surface area contributed by atoms with Crippen LogP contribution in [0.15, 0.2) is 41.8 Å². The summed E-state index contributed by atoms with van der Waals surface area (Å²) in [5, 5.41) is 2.95. The number of hydrogen-bond acceptors (Lipinski definition) is 4. The molecule has 3 heterocycles. The van der Waals surface area contributed by atoms with E-state index in [2.05, 4.69) is 0 Å². The number of rotatable bonds is 2. The Balaban J connectivity index is 1.87. The Bertz CT molecular complexity index is 884. The third-order valence-corrected chi connectivity index (χ3v) is 5.16. The summed E-state index contributed by atoms with van der Waals surface area (Å²) in [5.41, 5.74) is 3.58.